The van der Waals surface area contributed by atoms with Gasteiger partial charge in [0.2, 0.25) is 18.6 Å². The van der Waals surface area contributed by atoms with Crippen LogP contribution in [0.1, 0.15) is 0 Å². The predicted molar refractivity (Wildman–Crippen MR) is 110 cm³/mol. The molecule has 2 saturated heterocycles. The summed E-state index contributed by atoms with van der Waals surface area (Å²) in [6.45, 7) is 0.524. The van der Waals surface area contributed by atoms with Crippen molar-refractivity contribution in [2.24, 2.45) is 11.8 Å². The number of anilines is 2. The Morgan fingerprint density at radius 1 is 1.16 bits per heavy atom. The summed E-state index contributed by atoms with van der Waals surface area (Å²) in [4.78, 5) is 28.3. The summed E-state index contributed by atoms with van der Waals surface area (Å²) in [5.41, 5.74) is 0.553. The number of ether oxygens (including phenoxy) is 4. The lowest BCUT2D eigenvalue weighted by Gasteiger charge is -2.23. The Balaban J connectivity index is 1.27. The second kappa shape index (κ2) is 6.49. The second-order valence-corrected chi connectivity index (χ2v) is 8.08. The number of fused-ring (bicyclic) bond motifs is 2. The van der Waals surface area contributed by atoms with E-state index in [-0.39, 0.29) is 18.6 Å². The van der Waals surface area contributed by atoms with Gasteiger partial charge in [0.15, 0.2) is 11.5 Å². The van der Waals surface area contributed by atoms with Crippen molar-refractivity contribution in [2.45, 2.75) is 11.7 Å². The lowest BCUT2D eigenvalue weighted by Crippen LogP contribution is -2.41. The van der Waals surface area contributed by atoms with Crippen LogP contribution in [-0.2, 0) is 14.3 Å². The number of nitrogens with zero attached hydrogens (tertiary/aromatic N) is 1. The Labute approximate surface area is 178 Å². The minimum Gasteiger partial charge on any atom is -0.497 e. The number of benzene rings is 2. The van der Waals surface area contributed by atoms with Crippen LogP contribution in [0.5, 0.6) is 17.2 Å². The minimum atomic E-state index is -0.792. The van der Waals surface area contributed by atoms with E-state index in [0.717, 1.165) is 0 Å². The molecule has 6 rings (SSSR count). The molecule has 0 radical (unpaired) electrons. The van der Waals surface area contributed by atoms with Crippen molar-refractivity contribution in [3.8, 4) is 17.2 Å². The minimum absolute atomic E-state index is 0.124. The van der Waals surface area contributed by atoms with Crippen LogP contribution < -0.4 is 24.4 Å². The van der Waals surface area contributed by atoms with Crippen LogP contribution in [0.15, 0.2) is 54.6 Å². The summed E-state index contributed by atoms with van der Waals surface area (Å²) in [7, 11) is 1.59. The molecular formula is C23H20N2O6. The van der Waals surface area contributed by atoms with Crippen molar-refractivity contribution in [3.05, 3.63) is 54.6 Å². The van der Waals surface area contributed by atoms with Crippen LogP contribution in [0.3, 0.4) is 0 Å². The van der Waals surface area contributed by atoms with Crippen molar-refractivity contribution in [3.63, 3.8) is 0 Å². The van der Waals surface area contributed by atoms with Crippen LogP contribution in [-0.4, -0.2) is 44.0 Å². The molecule has 1 N–H and O–H groups in total. The van der Waals surface area contributed by atoms with Crippen molar-refractivity contribution in [1.29, 1.82) is 0 Å². The van der Waals surface area contributed by atoms with Crippen LogP contribution in [0.25, 0.3) is 0 Å². The number of hydrogen-bond acceptors (Lipinski definition) is 6. The highest BCUT2D eigenvalue weighted by Crippen LogP contribution is 2.53. The maximum atomic E-state index is 13.5. The summed E-state index contributed by atoms with van der Waals surface area (Å²) in [6, 6.07) is 12.5. The summed E-state index contributed by atoms with van der Waals surface area (Å²) < 4.78 is 22.2. The van der Waals surface area contributed by atoms with E-state index < -0.39 is 23.5 Å². The fourth-order valence-electron chi connectivity index (χ4n) is 4.97. The normalized spacial score (nSPS) is 29.4. The van der Waals surface area contributed by atoms with E-state index in [2.05, 4.69) is 5.32 Å². The molecule has 0 aliphatic carbocycles. The Kier molecular flexibility index (Phi) is 3.82. The van der Waals surface area contributed by atoms with E-state index in [1.807, 2.05) is 18.2 Å². The van der Waals surface area contributed by atoms with Gasteiger partial charge in [0.25, 0.3) is 0 Å². The largest absolute Gasteiger partial charge is 0.497 e. The number of hydrogen-bond donors (Lipinski definition) is 1. The molecule has 8 nitrogen and oxygen atoms in total. The van der Waals surface area contributed by atoms with Crippen molar-refractivity contribution in [2.75, 3.05) is 30.7 Å². The average molecular weight is 420 g/mol. The molecule has 2 fully saturated rings. The molecule has 8 heteroatoms. The van der Waals surface area contributed by atoms with Gasteiger partial charge in [0, 0.05) is 17.4 Å². The van der Waals surface area contributed by atoms with E-state index in [1.54, 1.807) is 48.4 Å². The summed E-state index contributed by atoms with van der Waals surface area (Å²) in [5, 5.41) is 2.92. The first-order valence-electron chi connectivity index (χ1n) is 10.1. The molecule has 4 aliphatic heterocycles. The van der Waals surface area contributed by atoms with Crippen LogP contribution >= 0.6 is 0 Å². The number of carbonyl (C=O) groups excluding carboxylic acids is 2. The van der Waals surface area contributed by atoms with Crippen molar-refractivity contribution >= 4 is 23.2 Å². The molecule has 0 saturated carbocycles. The Bertz CT molecular complexity index is 1110. The van der Waals surface area contributed by atoms with Crippen LogP contribution in [0.2, 0.25) is 0 Å². The molecule has 4 heterocycles. The number of amides is 2. The SMILES string of the molecule is COc1ccc(NC(=O)C2C3C=C[C@]4(CN(c5ccc6c(c5)OCO6)C(=O)C24)O3)cc1. The van der Waals surface area contributed by atoms with E-state index >= 15 is 0 Å². The maximum absolute atomic E-state index is 13.5. The second-order valence-electron chi connectivity index (χ2n) is 8.08. The highest BCUT2D eigenvalue weighted by atomic mass is 16.7. The topological polar surface area (TPSA) is 86.3 Å². The fourth-order valence-corrected chi connectivity index (χ4v) is 4.97. The first-order valence-corrected chi connectivity index (χ1v) is 10.1. The van der Waals surface area contributed by atoms with Crippen LogP contribution in [0.4, 0.5) is 11.4 Å². The third kappa shape index (κ3) is 2.64. The van der Waals surface area contributed by atoms with Gasteiger partial charge in [-0.15, -0.1) is 0 Å². The average Bonchev–Trinajstić information content (AvgIpc) is 3.54. The molecule has 4 atom stereocenters. The molecule has 2 amide bonds. The Morgan fingerprint density at radius 3 is 2.77 bits per heavy atom. The molecular weight excluding hydrogens is 400 g/mol. The van der Waals surface area contributed by atoms with E-state index in [1.165, 1.54) is 0 Å². The van der Waals surface area contributed by atoms with Gasteiger partial charge >= 0.3 is 0 Å². The molecule has 2 aromatic carbocycles. The van der Waals surface area contributed by atoms with E-state index in [9.17, 15) is 9.59 Å². The first-order chi connectivity index (χ1) is 15.1. The number of methoxy groups -OCH3 is 1. The highest BCUT2D eigenvalue weighted by molar-refractivity contribution is 6.05. The van der Waals surface area contributed by atoms with Gasteiger partial charge in [-0.05, 0) is 36.4 Å². The van der Waals surface area contributed by atoms with Crippen molar-refractivity contribution < 1.29 is 28.5 Å². The predicted octanol–water partition coefficient (Wildman–Crippen LogP) is 2.35. The molecule has 4 aliphatic rings. The van der Waals surface area contributed by atoms with Gasteiger partial charge in [-0.3, -0.25) is 9.59 Å². The smallest absolute Gasteiger partial charge is 0.234 e. The number of rotatable bonds is 4. The highest BCUT2D eigenvalue weighted by Gasteiger charge is 2.67. The molecule has 31 heavy (non-hydrogen) atoms. The number of carbonyl (C=O) groups is 2. The van der Waals surface area contributed by atoms with Gasteiger partial charge in [0.1, 0.15) is 11.4 Å². The lowest BCUT2D eigenvalue weighted by atomic mass is 9.77. The summed E-state index contributed by atoms with van der Waals surface area (Å²) in [6.07, 6.45) is 3.42. The van der Waals surface area contributed by atoms with Gasteiger partial charge < -0.3 is 29.2 Å². The maximum Gasteiger partial charge on any atom is 0.234 e. The Morgan fingerprint density at radius 2 is 1.97 bits per heavy atom. The molecule has 2 bridgehead atoms. The summed E-state index contributed by atoms with van der Waals surface area (Å²) in [5.74, 6) is 0.433. The van der Waals surface area contributed by atoms with E-state index in [0.29, 0.717) is 35.2 Å². The lowest BCUT2D eigenvalue weighted by molar-refractivity contribution is -0.128. The third-order valence-corrected chi connectivity index (χ3v) is 6.43. The molecule has 1 spiro atoms. The Hall–Kier alpha value is -3.52. The third-order valence-electron chi connectivity index (χ3n) is 6.43. The monoisotopic (exact) mass is 420 g/mol. The quantitative estimate of drug-likeness (QED) is 0.765. The van der Waals surface area contributed by atoms with Gasteiger partial charge in [-0.1, -0.05) is 12.2 Å². The van der Waals surface area contributed by atoms with Crippen molar-refractivity contribution in [1.82, 2.24) is 0 Å². The number of nitrogens with one attached hydrogen (secondary N) is 1. The fraction of sp³-hybridized carbons (Fsp3) is 0.304. The molecule has 158 valence electrons. The first kappa shape index (κ1) is 18.3. The zero-order chi connectivity index (χ0) is 21.2. The molecule has 3 unspecified atom stereocenters. The summed E-state index contributed by atoms with van der Waals surface area (Å²) >= 11 is 0. The molecule has 2 aromatic rings. The zero-order valence-electron chi connectivity index (χ0n) is 16.7. The van der Waals surface area contributed by atoms with Crippen LogP contribution in [0, 0.1) is 11.8 Å². The van der Waals surface area contributed by atoms with E-state index in [4.69, 9.17) is 18.9 Å². The van der Waals surface area contributed by atoms with Gasteiger partial charge in [-0.2, -0.15) is 0 Å². The zero-order valence-corrected chi connectivity index (χ0v) is 16.7. The van der Waals surface area contributed by atoms with Gasteiger partial charge in [0.05, 0.1) is 31.6 Å². The van der Waals surface area contributed by atoms with Gasteiger partial charge in [-0.25, -0.2) is 0 Å². The standard InChI is InChI=1S/C23H20N2O6/c1-28-15-5-2-13(3-6-15)24-21(26)19-17-8-9-23(31-17)11-25(22(27)20(19)23)14-4-7-16-18(10-14)30-12-29-16/h2-10,17,19-20H,11-12H2,1H3,(H,24,26)/t17?,19?,20?,23-/m1/s1. The molecule has 0 aromatic heterocycles.